The second-order valence-electron chi connectivity index (χ2n) is 9.23. The average Bonchev–Trinajstić information content (AvgIpc) is 2.89. The van der Waals surface area contributed by atoms with Gasteiger partial charge in [0.25, 0.3) is 0 Å². The zero-order chi connectivity index (χ0) is 29.0. The van der Waals surface area contributed by atoms with Crippen LogP contribution >= 0.6 is 0 Å². The Kier molecular flexibility index (Phi) is 10.4. The van der Waals surface area contributed by atoms with Gasteiger partial charge in [0.2, 0.25) is 12.6 Å². The van der Waals surface area contributed by atoms with Gasteiger partial charge in [-0.25, -0.2) is 9.59 Å². The molecular weight excluding hydrogens is 528 g/mol. The molecule has 220 valence electrons. The first-order valence-corrected chi connectivity index (χ1v) is 12.1. The molecule has 3 rings (SSSR count). The van der Waals surface area contributed by atoms with Crippen molar-refractivity contribution in [3.05, 3.63) is 23.8 Å². The van der Waals surface area contributed by atoms with E-state index < -0.39 is 91.7 Å². The van der Waals surface area contributed by atoms with Crippen LogP contribution in [0.4, 0.5) is 5.69 Å². The highest BCUT2D eigenvalue weighted by Gasteiger charge is 2.51. The Morgan fingerprint density at radius 1 is 1.05 bits per heavy atom. The minimum absolute atomic E-state index is 0.166. The fourth-order valence-electron chi connectivity index (χ4n) is 4.41. The van der Waals surface area contributed by atoms with E-state index in [0.717, 1.165) is 6.07 Å². The van der Waals surface area contributed by atoms with Crippen molar-refractivity contribution in [1.82, 2.24) is 0 Å². The van der Waals surface area contributed by atoms with Gasteiger partial charge in [-0.15, -0.1) is 0 Å². The highest BCUT2D eigenvalue weighted by Crippen LogP contribution is 2.28. The van der Waals surface area contributed by atoms with E-state index in [2.05, 4.69) is 0 Å². The molecule has 39 heavy (non-hydrogen) atoms. The highest BCUT2D eigenvalue weighted by atomic mass is 16.7. The minimum Gasteiger partial charge on any atom is -0.507 e. The summed E-state index contributed by atoms with van der Waals surface area (Å²) in [6, 6.07) is 2.94. The molecular formula is C23H35N2O14+. The number of hydrogen-bond donors (Lipinski definition) is 9. The lowest BCUT2D eigenvalue weighted by atomic mass is 9.88. The highest BCUT2D eigenvalue weighted by molar-refractivity contribution is 5.93. The maximum atomic E-state index is 12.7. The maximum absolute atomic E-state index is 12.7. The number of likely N-dealkylation sites (N-methyl/N-ethyl adjacent to an activating group) is 1. The van der Waals surface area contributed by atoms with E-state index in [-0.39, 0.29) is 17.9 Å². The van der Waals surface area contributed by atoms with Crippen molar-refractivity contribution in [1.29, 1.82) is 0 Å². The van der Waals surface area contributed by atoms with Gasteiger partial charge >= 0.3 is 11.9 Å². The monoisotopic (exact) mass is 563 g/mol. The van der Waals surface area contributed by atoms with Crippen molar-refractivity contribution in [2.45, 2.75) is 68.5 Å². The van der Waals surface area contributed by atoms with Crippen LogP contribution in [0.25, 0.3) is 0 Å². The lowest BCUT2D eigenvalue weighted by Crippen LogP contribution is -2.93. The van der Waals surface area contributed by atoms with Crippen molar-refractivity contribution in [2.24, 2.45) is 5.92 Å². The molecule has 0 aliphatic carbocycles. The Morgan fingerprint density at radius 2 is 1.74 bits per heavy atom. The second-order valence-corrected chi connectivity index (χ2v) is 9.23. The summed E-state index contributed by atoms with van der Waals surface area (Å²) in [5, 5.41) is 72.5. The lowest BCUT2D eigenvalue weighted by Gasteiger charge is -2.42. The molecule has 0 radical (unpaired) electrons. The van der Waals surface area contributed by atoms with Crippen LogP contribution in [0.15, 0.2) is 18.2 Å². The van der Waals surface area contributed by atoms with E-state index in [9.17, 15) is 45.3 Å². The van der Waals surface area contributed by atoms with E-state index in [1.165, 1.54) is 19.1 Å². The molecule has 5 unspecified atom stereocenters. The third-order valence-electron chi connectivity index (χ3n) is 6.57. The number of nitrogen functional groups attached to an aromatic ring is 1. The summed E-state index contributed by atoms with van der Waals surface area (Å²) in [7, 11) is 1.61. The van der Waals surface area contributed by atoms with Gasteiger partial charge in [0, 0.05) is 12.6 Å². The first-order valence-electron chi connectivity index (χ1n) is 12.1. The molecule has 0 spiro atoms. The molecule has 2 saturated heterocycles. The molecule has 0 bridgehead atoms. The van der Waals surface area contributed by atoms with Gasteiger partial charge < -0.3 is 70.5 Å². The Morgan fingerprint density at radius 3 is 2.38 bits per heavy atom. The number of anilines is 1. The zero-order valence-electron chi connectivity index (χ0n) is 21.1. The number of quaternary nitrogens is 1. The molecule has 0 amide bonds. The third kappa shape index (κ3) is 6.93. The fraction of sp³-hybridized carbons (Fsp3) is 0.652. The normalized spacial score (nSPS) is 35.7. The van der Waals surface area contributed by atoms with Crippen LogP contribution in [0, 0.1) is 5.92 Å². The van der Waals surface area contributed by atoms with Crippen LogP contribution < -0.4 is 11.1 Å². The molecule has 1 aromatic rings. The summed E-state index contributed by atoms with van der Waals surface area (Å²) in [5.41, 5.74) is 5.47. The van der Waals surface area contributed by atoms with Gasteiger partial charge in [0.1, 0.15) is 41.8 Å². The van der Waals surface area contributed by atoms with Gasteiger partial charge in [0.15, 0.2) is 12.4 Å². The van der Waals surface area contributed by atoms with Crippen LogP contribution in [0.1, 0.15) is 17.3 Å². The molecule has 16 heteroatoms. The number of carbonyl (C=O) groups is 2. The largest absolute Gasteiger partial charge is 0.507 e. The van der Waals surface area contributed by atoms with E-state index in [1.54, 1.807) is 12.4 Å². The molecule has 2 aliphatic rings. The Balaban J connectivity index is 1.64. The standard InChI is InChI=1S/C23H34N2O14/c1-8(36-20(32)10-5-9(24)3-4-12(10)27)37-22(34)19-17(30)16(29)18(31)23(39-19)35-7-11-14(25-2)21(33)38-13(6-26)15(11)28/h3-5,8,11,13-19,21,23,25-31,33H,6-7,24H2,1-2H3/p+1/t8?,11-,13?,14?,15-,16+,17-,18?,19?,21-,23-/m1/s1. The first kappa shape index (κ1) is 30.9. The molecule has 2 fully saturated rings. The summed E-state index contributed by atoms with van der Waals surface area (Å²) in [5.74, 6) is -3.61. The zero-order valence-corrected chi connectivity index (χ0v) is 21.1. The number of phenols is 1. The number of esters is 2. The number of aliphatic hydroxyl groups is 6. The van der Waals surface area contributed by atoms with Gasteiger partial charge in [-0.05, 0) is 18.2 Å². The Labute approximate surface area is 222 Å². The van der Waals surface area contributed by atoms with Crippen LogP contribution in [0.3, 0.4) is 0 Å². The smallest absolute Gasteiger partial charge is 0.345 e. The lowest BCUT2D eigenvalue weighted by molar-refractivity contribution is -0.694. The van der Waals surface area contributed by atoms with E-state index in [0.29, 0.717) is 0 Å². The molecule has 11 N–H and O–H groups in total. The van der Waals surface area contributed by atoms with Gasteiger partial charge in [-0.3, -0.25) is 0 Å². The number of rotatable bonds is 9. The van der Waals surface area contributed by atoms with Gasteiger partial charge in [-0.1, -0.05) is 0 Å². The fourth-order valence-corrected chi connectivity index (χ4v) is 4.41. The van der Waals surface area contributed by atoms with Crippen LogP contribution in [-0.4, -0.2) is 129 Å². The van der Waals surface area contributed by atoms with Crippen LogP contribution in [0.5, 0.6) is 5.75 Å². The van der Waals surface area contributed by atoms with Crippen molar-refractivity contribution in [3.63, 3.8) is 0 Å². The second kappa shape index (κ2) is 13.1. The minimum atomic E-state index is -1.96. The average molecular weight is 564 g/mol. The number of ether oxygens (including phenoxy) is 5. The summed E-state index contributed by atoms with van der Waals surface area (Å²) >= 11 is 0. The number of hydrogen-bond acceptors (Lipinski definition) is 15. The quantitative estimate of drug-likeness (QED) is 0.0590. The predicted molar refractivity (Wildman–Crippen MR) is 125 cm³/mol. The maximum Gasteiger partial charge on any atom is 0.345 e. The molecule has 0 saturated carbocycles. The van der Waals surface area contributed by atoms with Gasteiger partial charge in [0.05, 0.1) is 32.3 Å². The molecule has 11 atom stereocenters. The van der Waals surface area contributed by atoms with Crippen LogP contribution in [-0.2, 0) is 28.5 Å². The van der Waals surface area contributed by atoms with E-state index in [4.69, 9.17) is 29.4 Å². The van der Waals surface area contributed by atoms with E-state index >= 15 is 0 Å². The van der Waals surface area contributed by atoms with Gasteiger partial charge in [-0.2, -0.15) is 0 Å². The number of phenolic OH excluding ortho intramolecular Hbond substituents is 1. The first-order chi connectivity index (χ1) is 18.4. The Bertz CT molecular complexity index is 998. The number of benzene rings is 1. The SMILES string of the molecule is C[NH2+]C1[C@H](O)OC(CO)[C@H](O)[C@@H]1CO[C@@H]1OC(C(=O)OC(C)OC(=O)c2cc(N)ccc2O)[C@H](O)[C@H](O)C1O. The third-order valence-corrected chi connectivity index (χ3v) is 6.57. The number of aliphatic hydroxyl groups excluding tert-OH is 6. The van der Waals surface area contributed by atoms with Crippen molar-refractivity contribution >= 4 is 17.6 Å². The number of aromatic hydroxyl groups is 1. The van der Waals surface area contributed by atoms with Crippen LogP contribution in [0.2, 0.25) is 0 Å². The van der Waals surface area contributed by atoms with Crippen molar-refractivity contribution < 1.29 is 74.3 Å². The summed E-state index contributed by atoms with van der Waals surface area (Å²) < 4.78 is 26.0. The Hall–Kier alpha value is -2.64. The van der Waals surface area contributed by atoms with E-state index in [1.807, 2.05) is 0 Å². The molecule has 1 aromatic carbocycles. The van der Waals surface area contributed by atoms with Crippen molar-refractivity contribution in [3.8, 4) is 5.75 Å². The molecule has 2 aliphatic heterocycles. The summed E-state index contributed by atoms with van der Waals surface area (Å²) in [6.45, 7) is 0.202. The predicted octanol–water partition coefficient (Wildman–Crippen LogP) is -4.91. The van der Waals surface area contributed by atoms with Crippen molar-refractivity contribution in [2.75, 3.05) is 26.0 Å². The molecule has 2 heterocycles. The molecule has 0 aromatic heterocycles. The summed E-state index contributed by atoms with van der Waals surface area (Å²) in [4.78, 5) is 25.0. The summed E-state index contributed by atoms with van der Waals surface area (Å²) in [6.07, 6.45) is -14.6. The number of carbonyl (C=O) groups excluding carboxylic acids is 2. The topological polar surface area (TPSA) is 265 Å². The molecule has 16 nitrogen and oxygen atoms in total. The number of nitrogens with two attached hydrogens (primary N) is 2.